The first kappa shape index (κ1) is 13.7. The molecule has 0 amide bonds. The van der Waals surface area contributed by atoms with Crippen molar-refractivity contribution in [2.75, 3.05) is 7.11 Å². The zero-order valence-corrected chi connectivity index (χ0v) is 12.7. The second-order valence-electron chi connectivity index (χ2n) is 5.55. The van der Waals surface area contributed by atoms with Gasteiger partial charge >= 0.3 is 0 Å². The van der Waals surface area contributed by atoms with Gasteiger partial charge in [-0.1, -0.05) is 38.1 Å². The van der Waals surface area contributed by atoms with Gasteiger partial charge in [0.2, 0.25) is 0 Å². The third-order valence-electron chi connectivity index (χ3n) is 3.70. The summed E-state index contributed by atoms with van der Waals surface area (Å²) < 4.78 is 7.52. The average Bonchev–Trinajstić information content (AvgIpc) is 2.87. The molecule has 3 aromatic rings. The van der Waals surface area contributed by atoms with Crippen molar-refractivity contribution in [1.29, 1.82) is 0 Å². The Morgan fingerprint density at radius 2 is 1.76 bits per heavy atom. The van der Waals surface area contributed by atoms with Crippen LogP contribution in [0.5, 0.6) is 5.75 Å². The fourth-order valence-corrected chi connectivity index (χ4v) is 2.61. The molecule has 0 saturated heterocycles. The van der Waals surface area contributed by atoms with Gasteiger partial charge in [0.25, 0.3) is 0 Å². The molecule has 1 heterocycles. The monoisotopic (exact) mass is 280 g/mol. The minimum Gasteiger partial charge on any atom is -0.497 e. The first-order chi connectivity index (χ1) is 10.2. The second kappa shape index (κ2) is 5.60. The molecule has 1 aromatic heterocycles. The Morgan fingerprint density at radius 3 is 2.43 bits per heavy atom. The summed E-state index contributed by atoms with van der Waals surface area (Å²) in [4.78, 5) is 4.78. The zero-order valence-electron chi connectivity index (χ0n) is 12.7. The van der Waals surface area contributed by atoms with E-state index in [1.807, 2.05) is 18.2 Å². The van der Waals surface area contributed by atoms with E-state index in [1.165, 1.54) is 11.1 Å². The van der Waals surface area contributed by atoms with Crippen LogP contribution in [-0.4, -0.2) is 16.7 Å². The van der Waals surface area contributed by atoms with Gasteiger partial charge in [0, 0.05) is 12.5 Å². The molecule has 0 bridgehead atoms. The Hall–Kier alpha value is -2.29. The summed E-state index contributed by atoms with van der Waals surface area (Å²) in [5, 5.41) is 0. The Balaban J connectivity index is 2.03. The van der Waals surface area contributed by atoms with Crippen LogP contribution < -0.4 is 4.74 Å². The molecule has 3 heteroatoms. The van der Waals surface area contributed by atoms with Crippen molar-refractivity contribution in [1.82, 2.24) is 9.55 Å². The highest BCUT2D eigenvalue weighted by molar-refractivity contribution is 5.76. The Labute approximate surface area is 125 Å². The van der Waals surface area contributed by atoms with Crippen LogP contribution in [0.15, 0.2) is 48.5 Å². The predicted octanol–water partition coefficient (Wildman–Crippen LogP) is 4.22. The van der Waals surface area contributed by atoms with Crippen molar-refractivity contribution in [2.24, 2.45) is 0 Å². The minimum absolute atomic E-state index is 0.399. The number of hydrogen-bond donors (Lipinski definition) is 0. The maximum Gasteiger partial charge on any atom is 0.118 e. The molecule has 0 N–H and O–H groups in total. The van der Waals surface area contributed by atoms with Crippen LogP contribution in [0.3, 0.4) is 0 Å². The fraction of sp³-hybridized carbons (Fsp3) is 0.278. The SMILES string of the molecule is COc1ccc(Cn2c(C(C)C)nc3ccccc32)cc1. The molecule has 0 radical (unpaired) electrons. The van der Waals surface area contributed by atoms with E-state index >= 15 is 0 Å². The van der Waals surface area contributed by atoms with Gasteiger partial charge in [0.1, 0.15) is 11.6 Å². The highest BCUT2D eigenvalue weighted by Gasteiger charge is 2.13. The minimum atomic E-state index is 0.399. The number of imidazole rings is 1. The van der Waals surface area contributed by atoms with Crippen LogP contribution in [0.2, 0.25) is 0 Å². The first-order valence-corrected chi connectivity index (χ1v) is 7.27. The van der Waals surface area contributed by atoms with Gasteiger partial charge in [-0.25, -0.2) is 4.98 Å². The van der Waals surface area contributed by atoms with Crippen LogP contribution >= 0.6 is 0 Å². The smallest absolute Gasteiger partial charge is 0.118 e. The molecule has 108 valence electrons. The third kappa shape index (κ3) is 2.64. The number of aromatic nitrogens is 2. The van der Waals surface area contributed by atoms with Gasteiger partial charge in [0.05, 0.1) is 18.1 Å². The standard InChI is InChI=1S/C18H20N2O/c1-13(2)18-19-16-6-4-5-7-17(16)20(18)12-14-8-10-15(21-3)11-9-14/h4-11,13H,12H2,1-3H3. The maximum absolute atomic E-state index is 5.22. The number of methoxy groups -OCH3 is 1. The zero-order chi connectivity index (χ0) is 14.8. The highest BCUT2D eigenvalue weighted by Crippen LogP contribution is 2.23. The molecule has 0 aliphatic rings. The summed E-state index contributed by atoms with van der Waals surface area (Å²) in [6.07, 6.45) is 0. The van der Waals surface area contributed by atoms with Crippen molar-refractivity contribution in [3.8, 4) is 5.75 Å². The van der Waals surface area contributed by atoms with E-state index in [2.05, 4.69) is 48.7 Å². The van der Waals surface area contributed by atoms with E-state index in [4.69, 9.17) is 9.72 Å². The summed E-state index contributed by atoms with van der Waals surface area (Å²) in [7, 11) is 1.69. The molecular formula is C18H20N2O. The molecule has 0 spiro atoms. The number of benzene rings is 2. The molecule has 0 atom stereocenters. The van der Waals surface area contributed by atoms with Crippen molar-refractivity contribution in [3.05, 3.63) is 59.9 Å². The van der Waals surface area contributed by atoms with Crippen LogP contribution in [0.1, 0.15) is 31.2 Å². The van der Waals surface area contributed by atoms with Gasteiger partial charge in [0.15, 0.2) is 0 Å². The summed E-state index contributed by atoms with van der Waals surface area (Å²) >= 11 is 0. The molecule has 2 aromatic carbocycles. The molecule has 0 saturated carbocycles. The van der Waals surface area contributed by atoms with Crippen LogP contribution in [0, 0.1) is 0 Å². The van der Waals surface area contributed by atoms with Gasteiger partial charge < -0.3 is 9.30 Å². The van der Waals surface area contributed by atoms with Gasteiger partial charge in [-0.05, 0) is 29.8 Å². The topological polar surface area (TPSA) is 27.1 Å². The van der Waals surface area contributed by atoms with E-state index in [1.54, 1.807) is 7.11 Å². The third-order valence-corrected chi connectivity index (χ3v) is 3.70. The summed E-state index contributed by atoms with van der Waals surface area (Å²) in [6.45, 7) is 5.20. The molecule has 0 fully saturated rings. The molecule has 21 heavy (non-hydrogen) atoms. The van der Waals surface area contributed by atoms with Crippen LogP contribution in [-0.2, 0) is 6.54 Å². The average molecular weight is 280 g/mol. The van der Waals surface area contributed by atoms with E-state index in [0.29, 0.717) is 5.92 Å². The maximum atomic E-state index is 5.22. The number of hydrogen-bond acceptors (Lipinski definition) is 2. The highest BCUT2D eigenvalue weighted by atomic mass is 16.5. The van der Waals surface area contributed by atoms with Gasteiger partial charge in [-0.2, -0.15) is 0 Å². The molecule has 0 unspecified atom stereocenters. The Bertz CT molecular complexity index is 742. The summed E-state index contributed by atoms with van der Waals surface area (Å²) in [5.74, 6) is 2.42. The van der Waals surface area contributed by atoms with Gasteiger partial charge in [-0.15, -0.1) is 0 Å². The Kier molecular flexibility index (Phi) is 3.65. The number of para-hydroxylation sites is 2. The molecule has 3 nitrogen and oxygen atoms in total. The number of ether oxygens (including phenoxy) is 1. The van der Waals surface area contributed by atoms with Crippen LogP contribution in [0.4, 0.5) is 0 Å². The second-order valence-corrected chi connectivity index (χ2v) is 5.55. The lowest BCUT2D eigenvalue weighted by Gasteiger charge is -2.12. The predicted molar refractivity (Wildman–Crippen MR) is 85.9 cm³/mol. The summed E-state index contributed by atoms with van der Waals surface area (Å²) in [6, 6.07) is 16.5. The van der Waals surface area contributed by atoms with Crippen molar-refractivity contribution >= 4 is 11.0 Å². The normalized spacial score (nSPS) is 11.2. The quantitative estimate of drug-likeness (QED) is 0.715. The van der Waals surface area contributed by atoms with Crippen LogP contribution in [0.25, 0.3) is 11.0 Å². The number of fused-ring (bicyclic) bond motifs is 1. The summed E-state index contributed by atoms with van der Waals surface area (Å²) in [5.41, 5.74) is 3.51. The van der Waals surface area contributed by atoms with E-state index in [0.717, 1.165) is 23.6 Å². The first-order valence-electron chi connectivity index (χ1n) is 7.27. The molecular weight excluding hydrogens is 260 g/mol. The van der Waals surface area contributed by atoms with E-state index in [9.17, 15) is 0 Å². The lowest BCUT2D eigenvalue weighted by molar-refractivity contribution is 0.414. The van der Waals surface area contributed by atoms with Crippen molar-refractivity contribution in [2.45, 2.75) is 26.3 Å². The van der Waals surface area contributed by atoms with Crippen molar-refractivity contribution in [3.63, 3.8) is 0 Å². The molecule has 3 rings (SSSR count). The Morgan fingerprint density at radius 1 is 1.05 bits per heavy atom. The number of nitrogens with zero attached hydrogens (tertiary/aromatic N) is 2. The molecule has 0 aliphatic carbocycles. The van der Waals surface area contributed by atoms with E-state index < -0.39 is 0 Å². The largest absolute Gasteiger partial charge is 0.497 e. The van der Waals surface area contributed by atoms with Gasteiger partial charge in [-0.3, -0.25) is 0 Å². The number of rotatable bonds is 4. The molecule has 0 aliphatic heterocycles. The van der Waals surface area contributed by atoms with Crippen molar-refractivity contribution < 1.29 is 4.74 Å². The lowest BCUT2D eigenvalue weighted by atomic mass is 10.2. The fourth-order valence-electron chi connectivity index (χ4n) is 2.61. The van der Waals surface area contributed by atoms with E-state index in [-0.39, 0.29) is 0 Å². The lowest BCUT2D eigenvalue weighted by Crippen LogP contribution is -2.06.